The Balaban J connectivity index is 1.39. The summed E-state index contributed by atoms with van der Waals surface area (Å²) >= 11 is 0. The highest BCUT2D eigenvalue weighted by atomic mass is 32.2. The molecule has 4 rings (SSSR count). The molecule has 1 saturated carbocycles. The third kappa shape index (κ3) is 4.53. The van der Waals surface area contributed by atoms with E-state index in [1.807, 2.05) is 19.1 Å². The molecule has 1 saturated heterocycles. The summed E-state index contributed by atoms with van der Waals surface area (Å²) in [5, 5.41) is 3.01. The van der Waals surface area contributed by atoms with Gasteiger partial charge in [0.15, 0.2) is 0 Å². The Labute approximate surface area is 183 Å². The fourth-order valence-corrected chi connectivity index (χ4v) is 6.21. The molecule has 1 unspecified atom stereocenters. The van der Waals surface area contributed by atoms with Gasteiger partial charge in [0.05, 0.1) is 10.3 Å². The number of aryl methyl sites for hydroxylation is 1. The summed E-state index contributed by atoms with van der Waals surface area (Å²) in [6, 6.07) is 13.0. The molecular formula is C24H29FN2O3S. The summed E-state index contributed by atoms with van der Waals surface area (Å²) in [5.74, 6) is -0.366. The molecule has 2 fully saturated rings. The average molecular weight is 445 g/mol. The second-order valence-electron chi connectivity index (χ2n) is 8.71. The summed E-state index contributed by atoms with van der Waals surface area (Å²) in [6.07, 6.45) is 4.71. The van der Waals surface area contributed by atoms with Crippen LogP contribution in [0.1, 0.15) is 49.7 Å². The number of carbonyl (C=O) groups is 1. The number of nitrogens with one attached hydrogen (secondary N) is 1. The topological polar surface area (TPSA) is 66.5 Å². The van der Waals surface area contributed by atoms with Crippen molar-refractivity contribution in [1.82, 2.24) is 9.62 Å². The molecule has 2 aromatic carbocycles. The molecule has 1 aliphatic heterocycles. The summed E-state index contributed by atoms with van der Waals surface area (Å²) in [4.78, 5) is 13.2. The highest BCUT2D eigenvalue weighted by Crippen LogP contribution is 2.48. The van der Waals surface area contributed by atoms with Gasteiger partial charge in [0.25, 0.3) is 0 Å². The van der Waals surface area contributed by atoms with Gasteiger partial charge in [-0.2, -0.15) is 4.31 Å². The minimum absolute atomic E-state index is 0.0529. The van der Waals surface area contributed by atoms with Crippen LogP contribution in [0.3, 0.4) is 0 Å². The van der Waals surface area contributed by atoms with E-state index in [9.17, 15) is 17.6 Å². The molecule has 0 spiro atoms. The molecule has 2 aliphatic rings. The van der Waals surface area contributed by atoms with Crippen LogP contribution in [0.5, 0.6) is 0 Å². The van der Waals surface area contributed by atoms with Gasteiger partial charge in [0.2, 0.25) is 15.9 Å². The van der Waals surface area contributed by atoms with Gasteiger partial charge in [-0.15, -0.1) is 0 Å². The molecule has 31 heavy (non-hydrogen) atoms. The van der Waals surface area contributed by atoms with E-state index in [0.29, 0.717) is 24.4 Å². The second kappa shape index (κ2) is 8.71. The van der Waals surface area contributed by atoms with Crippen LogP contribution in [0.4, 0.5) is 4.39 Å². The van der Waals surface area contributed by atoms with Crippen molar-refractivity contribution in [3.8, 4) is 0 Å². The minimum atomic E-state index is -3.56. The molecule has 1 heterocycles. The molecule has 166 valence electrons. The SMILES string of the molecule is Cc1ccc(S(=O)(=O)N2CCCCC2CCNC(=O)C2(c3ccc(F)cc3)CC2)cc1. The normalized spacial score (nSPS) is 20.9. The summed E-state index contributed by atoms with van der Waals surface area (Å²) in [6.45, 7) is 2.86. The van der Waals surface area contributed by atoms with Gasteiger partial charge in [0.1, 0.15) is 5.82 Å². The molecule has 0 bridgehead atoms. The number of carbonyl (C=O) groups excluding carboxylic acids is 1. The second-order valence-corrected chi connectivity index (χ2v) is 10.6. The lowest BCUT2D eigenvalue weighted by Crippen LogP contribution is -2.45. The Morgan fingerprint density at radius 1 is 1.10 bits per heavy atom. The number of rotatable bonds is 7. The third-order valence-corrected chi connectivity index (χ3v) is 8.51. The van der Waals surface area contributed by atoms with E-state index in [-0.39, 0.29) is 17.8 Å². The zero-order chi connectivity index (χ0) is 22.1. The van der Waals surface area contributed by atoms with Gasteiger partial charge in [-0.1, -0.05) is 36.2 Å². The quantitative estimate of drug-likeness (QED) is 0.704. The fourth-order valence-electron chi connectivity index (χ4n) is 4.49. The predicted molar refractivity (Wildman–Crippen MR) is 118 cm³/mol. The molecule has 0 aromatic heterocycles. The Kier molecular flexibility index (Phi) is 6.17. The van der Waals surface area contributed by atoms with Crippen molar-refractivity contribution in [1.29, 1.82) is 0 Å². The number of benzene rings is 2. The highest BCUT2D eigenvalue weighted by molar-refractivity contribution is 7.89. The van der Waals surface area contributed by atoms with Crippen LogP contribution in [-0.4, -0.2) is 37.8 Å². The Hall–Kier alpha value is -2.25. The predicted octanol–water partition coefficient (Wildman–Crippen LogP) is 3.92. The van der Waals surface area contributed by atoms with E-state index in [1.165, 1.54) is 12.1 Å². The van der Waals surface area contributed by atoms with Crippen LogP contribution in [0, 0.1) is 12.7 Å². The first-order valence-electron chi connectivity index (χ1n) is 11.0. The van der Waals surface area contributed by atoms with Crippen LogP contribution in [-0.2, 0) is 20.2 Å². The smallest absolute Gasteiger partial charge is 0.243 e. The first-order chi connectivity index (χ1) is 14.8. The maximum Gasteiger partial charge on any atom is 0.243 e. The molecule has 2 aromatic rings. The van der Waals surface area contributed by atoms with Crippen LogP contribution >= 0.6 is 0 Å². The molecule has 1 aliphatic carbocycles. The molecular weight excluding hydrogens is 415 g/mol. The monoisotopic (exact) mass is 444 g/mol. The van der Waals surface area contributed by atoms with Gasteiger partial charge in [-0.25, -0.2) is 12.8 Å². The van der Waals surface area contributed by atoms with Gasteiger partial charge in [0, 0.05) is 19.1 Å². The van der Waals surface area contributed by atoms with Crippen molar-refractivity contribution in [3.63, 3.8) is 0 Å². The lowest BCUT2D eigenvalue weighted by Gasteiger charge is -2.35. The molecule has 1 atom stereocenters. The van der Waals surface area contributed by atoms with Crippen molar-refractivity contribution in [2.75, 3.05) is 13.1 Å². The van der Waals surface area contributed by atoms with Gasteiger partial charge >= 0.3 is 0 Å². The highest BCUT2D eigenvalue weighted by Gasteiger charge is 2.51. The standard InChI is InChI=1S/C24H29FN2O3S/c1-18-5-11-22(12-6-18)31(29,30)27-17-3-2-4-21(27)13-16-26-23(28)24(14-15-24)19-7-9-20(25)10-8-19/h5-12,21H,2-4,13-17H2,1H3,(H,26,28). The Morgan fingerprint density at radius 3 is 2.42 bits per heavy atom. The van der Waals surface area contributed by atoms with E-state index in [2.05, 4.69) is 5.32 Å². The van der Waals surface area contributed by atoms with Crippen molar-refractivity contribution in [2.24, 2.45) is 0 Å². The maximum atomic E-state index is 13.2. The van der Waals surface area contributed by atoms with Crippen LogP contribution in [0.15, 0.2) is 53.4 Å². The van der Waals surface area contributed by atoms with E-state index >= 15 is 0 Å². The number of sulfonamides is 1. The van der Waals surface area contributed by atoms with E-state index < -0.39 is 15.4 Å². The number of piperidine rings is 1. The summed E-state index contributed by atoms with van der Waals surface area (Å²) < 4.78 is 41.2. The minimum Gasteiger partial charge on any atom is -0.355 e. The van der Waals surface area contributed by atoms with Crippen LogP contribution in [0.2, 0.25) is 0 Å². The first-order valence-corrected chi connectivity index (χ1v) is 12.4. The van der Waals surface area contributed by atoms with Gasteiger partial charge in [-0.05, 0) is 68.9 Å². The fraction of sp³-hybridized carbons (Fsp3) is 0.458. The number of hydrogen-bond acceptors (Lipinski definition) is 3. The molecule has 5 nitrogen and oxygen atoms in total. The molecule has 0 radical (unpaired) electrons. The van der Waals surface area contributed by atoms with Crippen molar-refractivity contribution in [3.05, 3.63) is 65.5 Å². The van der Waals surface area contributed by atoms with E-state index in [0.717, 1.165) is 43.2 Å². The third-order valence-electron chi connectivity index (χ3n) is 6.55. The van der Waals surface area contributed by atoms with Crippen molar-refractivity contribution >= 4 is 15.9 Å². The summed E-state index contributed by atoms with van der Waals surface area (Å²) in [5.41, 5.74) is 1.30. The molecule has 1 amide bonds. The van der Waals surface area contributed by atoms with Gasteiger partial charge in [-0.3, -0.25) is 4.79 Å². The maximum absolute atomic E-state index is 13.2. The van der Waals surface area contributed by atoms with E-state index in [4.69, 9.17) is 0 Å². The van der Waals surface area contributed by atoms with Crippen LogP contribution in [0.25, 0.3) is 0 Å². The first kappa shape index (κ1) is 22.0. The number of halogens is 1. The largest absolute Gasteiger partial charge is 0.355 e. The number of nitrogens with zero attached hydrogens (tertiary/aromatic N) is 1. The summed E-state index contributed by atoms with van der Waals surface area (Å²) in [7, 11) is -3.56. The number of hydrogen-bond donors (Lipinski definition) is 1. The molecule has 7 heteroatoms. The Morgan fingerprint density at radius 2 is 1.77 bits per heavy atom. The van der Waals surface area contributed by atoms with Gasteiger partial charge < -0.3 is 5.32 Å². The van der Waals surface area contributed by atoms with E-state index in [1.54, 1.807) is 28.6 Å². The van der Waals surface area contributed by atoms with Crippen molar-refractivity contribution in [2.45, 2.75) is 61.8 Å². The van der Waals surface area contributed by atoms with Crippen LogP contribution < -0.4 is 5.32 Å². The average Bonchev–Trinajstić information content (AvgIpc) is 3.57. The lowest BCUT2D eigenvalue weighted by molar-refractivity contribution is -0.123. The molecule has 1 N–H and O–H groups in total. The zero-order valence-corrected chi connectivity index (χ0v) is 18.6. The zero-order valence-electron chi connectivity index (χ0n) is 17.8. The number of amides is 1. The Bertz CT molecular complexity index is 1030. The lowest BCUT2D eigenvalue weighted by atomic mass is 9.94. The van der Waals surface area contributed by atoms with Crippen molar-refractivity contribution < 1.29 is 17.6 Å².